The summed E-state index contributed by atoms with van der Waals surface area (Å²) in [7, 11) is 0.169. The van der Waals surface area contributed by atoms with Crippen LogP contribution in [0, 0.1) is 0 Å². The van der Waals surface area contributed by atoms with Gasteiger partial charge in [0.1, 0.15) is 11.1 Å². The Morgan fingerprint density at radius 1 is 1.50 bits per heavy atom. The number of sulfone groups is 1. The highest BCUT2D eigenvalue weighted by molar-refractivity contribution is 8.00. The molecule has 112 valence electrons. The van der Waals surface area contributed by atoms with Crippen LogP contribution in [0.2, 0.25) is 0 Å². The second kappa shape index (κ2) is 5.72. The molecule has 2 rings (SSSR count). The number of rotatable bonds is 4. The summed E-state index contributed by atoms with van der Waals surface area (Å²) in [6, 6.07) is 0. The number of aromatic nitrogens is 3. The van der Waals surface area contributed by atoms with Gasteiger partial charge in [-0.25, -0.2) is 8.42 Å². The molecule has 2 unspecified atom stereocenters. The molecule has 0 aromatic carbocycles. The molecule has 1 aliphatic heterocycles. The maximum atomic E-state index is 11.5. The fourth-order valence-corrected chi connectivity index (χ4v) is 4.74. The molecule has 0 radical (unpaired) electrons. The Morgan fingerprint density at radius 2 is 2.20 bits per heavy atom. The molecule has 1 saturated heterocycles. The number of hydrogen-bond acceptors (Lipinski definition) is 7. The first kappa shape index (κ1) is 15.3. The van der Waals surface area contributed by atoms with Gasteiger partial charge in [-0.2, -0.15) is 0 Å². The van der Waals surface area contributed by atoms with Gasteiger partial charge >= 0.3 is 5.97 Å². The predicted octanol–water partition coefficient (Wildman–Crippen LogP) is 0.371. The second-order valence-electron chi connectivity index (χ2n) is 4.78. The normalized spacial score (nSPS) is 22.6. The van der Waals surface area contributed by atoms with Crippen molar-refractivity contribution in [2.45, 2.75) is 29.7 Å². The number of methoxy groups -OCH3 is 1. The van der Waals surface area contributed by atoms with Crippen LogP contribution >= 0.6 is 11.8 Å². The Hall–Kier alpha value is -1.09. The van der Waals surface area contributed by atoms with Gasteiger partial charge in [0.2, 0.25) is 0 Å². The highest BCUT2D eigenvalue weighted by Gasteiger charge is 2.33. The van der Waals surface area contributed by atoms with Gasteiger partial charge in [0.15, 0.2) is 15.0 Å². The summed E-state index contributed by atoms with van der Waals surface area (Å²) in [4.78, 5) is 11.4. The Labute approximate surface area is 122 Å². The molecule has 0 saturated carbocycles. The average molecular weight is 319 g/mol. The molecule has 2 atom stereocenters. The molecule has 1 aromatic heterocycles. The van der Waals surface area contributed by atoms with Gasteiger partial charge in [0.25, 0.3) is 0 Å². The summed E-state index contributed by atoms with van der Waals surface area (Å²) in [6.07, 6.45) is 0.575. The lowest BCUT2D eigenvalue weighted by Crippen LogP contribution is -2.16. The van der Waals surface area contributed by atoms with Crippen LogP contribution in [-0.4, -0.2) is 53.0 Å². The van der Waals surface area contributed by atoms with Gasteiger partial charge in [-0.05, 0) is 13.3 Å². The highest BCUT2D eigenvalue weighted by atomic mass is 32.2. The number of carbonyl (C=O) groups is 1. The average Bonchev–Trinajstić information content (AvgIpc) is 2.92. The number of hydrogen-bond donors (Lipinski definition) is 0. The standard InChI is InChI=1S/C11H17N3O4S2/c1-7(10(15)18-3)19-11-13-12-9(14(11)2)8-4-5-20(16,17)6-8/h7-8H,4-6H2,1-3H3. The van der Waals surface area contributed by atoms with E-state index in [-0.39, 0.29) is 28.6 Å². The third-order valence-electron chi connectivity index (χ3n) is 3.28. The van der Waals surface area contributed by atoms with E-state index in [1.807, 2.05) is 0 Å². The Balaban J connectivity index is 2.14. The largest absolute Gasteiger partial charge is 0.468 e. The molecule has 7 nitrogen and oxygen atoms in total. The van der Waals surface area contributed by atoms with Crippen molar-refractivity contribution < 1.29 is 17.9 Å². The first-order valence-electron chi connectivity index (χ1n) is 6.18. The van der Waals surface area contributed by atoms with E-state index in [9.17, 15) is 13.2 Å². The molecule has 1 aromatic rings. The molecule has 0 aliphatic carbocycles. The quantitative estimate of drug-likeness (QED) is 0.585. The fraction of sp³-hybridized carbons (Fsp3) is 0.727. The van der Waals surface area contributed by atoms with Crippen LogP contribution in [0.1, 0.15) is 25.1 Å². The summed E-state index contributed by atoms with van der Waals surface area (Å²) in [5.41, 5.74) is 0. The number of nitrogens with zero attached hydrogens (tertiary/aromatic N) is 3. The fourth-order valence-electron chi connectivity index (χ4n) is 2.16. The van der Waals surface area contributed by atoms with E-state index in [4.69, 9.17) is 0 Å². The van der Waals surface area contributed by atoms with Crippen LogP contribution in [0.15, 0.2) is 5.16 Å². The molecule has 0 amide bonds. The third-order valence-corrected chi connectivity index (χ3v) is 6.16. The van der Waals surface area contributed by atoms with Crippen molar-refractivity contribution in [3.8, 4) is 0 Å². The summed E-state index contributed by atoms with van der Waals surface area (Å²) in [5.74, 6) is 0.538. The van der Waals surface area contributed by atoms with Crippen molar-refractivity contribution in [2.24, 2.45) is 7.05 Å². The van der Waals surface area contributed by atoms with Crippen molar-refractivity contribution in [1.82, 2.24) is 14.8 Å². The van der Waals surface area contributed by atoms with Gasteiger partial charge in [-0.15, -0.1) is 10.2 Å². The first-order chi connectivity index (χ1) is 9.34. The van der Waals surface area contributed by atoms with Gasteiger partial charge in [0.05, 0.1) is 18.6 Å². The molecule has 0 bridgehead atoms. The monoisotopic (exact) mass is 319 g/mol. The van der Waals surface area contributed by atoms with Crippen molar-refractivity contribution in [1.29, 1.82) is 0 Å². The number of thioether (sulfide) groups is 1. The lowest BCUT2D eigenvalue weighted by Gasteiger charge is -2.10. The van der Waals surface area contributed by atoms with E-state index < -0.39 is 9.84 Å². The minimum Gasteiger partial charge on any atom is -0.468 e. The van der Waals surface area contributed by atoms with Crippen LogP contribution < -0.4 is 0 Å². The van der Waals surface area contributed by atoms with Crippen molar-refractivity contribution in [3.63, 3.8) is 0 Å². The van der Waals surface area contributed by atoms with E-state index in [2.05, 4.69) is 14.9 Å². The van der Waals surface area contributed by atoms with Crippen LogP contribution in [0.5, 0.6) is 0 Å². The zero-order valence-corrected chi connectivity index (χ0v) is 13.2. The molecule has 1 fully saturated rings. The molecule has 2 heterocycles. The van der Waals surface area contributed by atoms with Crippen molar-refractivity contribution in [2.75, 3.05) is 18.6 Å². The van der Waals surface area contributed by atoms with Crippen molar-refractivity contribution in [3.05, 3.63) is 5.82 Å². The summed E-state index contributed by atoms with van der Waals surface area (Å²) < 4.78 is 29.4. The van der Waals surface area contributed by atoms with Crippen molar-refractivity contribution >= 4 is 27.6 Å². The molecule has 0 spiro atoms. The molecular formula is C11H17N3O4S2. The summed E-state index contributed by atoms with van der Waals surface area (Å²) >= 11 is 1.25. The lowest BCUT2D eigenvalue weighted by atomic mass is 10.1. The minimum absolute atomic E-state index is 0.111. The molecule has 20 heavy (non-hydrogen) atoms. The van der Waals surface area contributed by atoms with E-state index in [0.717, 1.165) is 0 Å². The first-order valence-corrected chi connectivity index (χ1v) is 8.88. The van der Waals surface area contributed by atoms with Gasteiger partial charge in [0, 0.05) is 13.0 Å². The SMILES string of the molecule is COC(=O)C(C)Sc1nnc(C2CCS(=O)(=O)C2)n1C. The van der Waals surface area contributed by atoms with E-state index in [1.165, 1.54) is 18.9 Å². The third kappa shape index (κ3) is 3.14. The van der Waals surface area contributed by atoms with Gasteiger partial charge < -0.3 is 9.30 Å². The Kier molecular flexibility index (Phi) is 4.38. The highest BCUT2D eigenvalue weighted by Crippen LogP contribution is 2.30. The van der Waals surface area contributed by atoms with Crippen LogP contribution in [0.4, 0.5) is 0 Å². The van der Waals surface area contributed by atoms with Crippen LogP contribution in [0.25, 0.3) is 0 Å². The molecule has 9 heteroatoms. The zero-order chi connectivity index (χ0) is 14.9. The number of ether oxygens (including phenoxy) is 1. The van der Waals surface area contributed by atoms with E-state index >= 15 is 0 Å². The number of esters is 1. The number of carbonyl (C=O) groups excluding carboxylic acids is 1. The van der Waals surface area contributed by atoms with Crippen LogP contribution in [-0.2, 0) is 26.4 Å². The summed E-state index contributed by atoms with van der Waals surface area (Å²) in [5, 5.41) is 8.31. The topological polar surface area (TPSA) is 91.2 Å². The zero-order valence-electron chi connectivity index (χ0n) is 11.6. The van der Waals surface area contributed by atoms with E-state index in [0.29, 0.717) is 17.4 Å². The van der Waals surface area contributed by atoms with Gasteiger partial charge in [-0.3, -0.25) is 4.79 Å². The maximum absolute atomic E-state index is 11.5. The Bertz CT molecular complexity index is 611. The van der Waals surface area contributed by atoms with Crippen LogP contribution in [0.3, 0.4) is 0 Å². The lowest BCUT2D eigenvalue weighted by molar-refractivity contribution is -0.139. The molecular weight excluding hydrogens is 302 g/mol. The minimum atomic E-state index is -2.95. The summed E-state index contributed by atoms with van der Waals surface area (Å²) in [6.45, 7) is 1.73. The Morgan fingerprint density at radius 3 is 2.75 bits per heavy atom. The maximum Gasteiger partial charge on any atom is 0.318 e. The van der Waals surface area contributed by atoms with E-state index in [1.54, 1.807) is 18.5 Å². The smallest absolute Gasteiger partial charge is 0.318 e. The predicted molar refractivity (Wildman–Crippen MR) is 74.3 cm³/mol. The second-order valence-corrected chi connectivity index (χ2v) is 8.32. The molecule has 0 N–H and O–H groups in total. The molecule has 1 aliphatic rings. The van der Waals surface area contributed by atoms with Gasteiger partial charge in [-0.1, -0.05) is 11.8 Å².